The van der Waals surface area contributed by atoms with Crippen molar-refractivity contribution in [3.63, 3.8) is 0 Å². The molecule has 0 aliphatic carbocycles. The van der Waals surface area contributed by atoms with E-state index >= 15 is 0 Å². The predicted octanol–water partition coefficient (Wildman–Crippen LogP) is 2.39. The van der Waals surface area contributed by atoms with Gasteiger partial charge >= 0.3 is 0 Å². The molecule has 7 heteroatoms. The number of halogens is 3. The maximum absolute atomic E-state index is 12.8. The minimum absolute atomic E-state index is 0. The van der Waals surface area contributed by atoms with Crippen LogP contribution in [0.25, 0.3) is 0 Å². The van der Waals surface area contributed by atoms with Crippen molar-refractivity contribution < 1.29 is 13.9 Å². The van der Waals surface area contributed by atoms with Gasteiger partial charge < -0.3 is 15.4 Å². The molecule has 1 unspecified atom stereocenters. The quantitative estimate of drug-likeness (QED) is 0.809. The molecule has 1 aromatic carbocycles. The van der Waals surface area contributed by atoms with Crippen molar-refractivity contribution in [3.8, 4) is 5.75 Å². The summed E-state index contributed by atoms with van der Waals surface area (Å²) in [4.78, 5) is 11.5. The van der Waals surface area contributed by atoms with Crippen molar-refractivity contribution in [2.75, 3.05) is 20.2 Å². The Bertz CT molecular complexity index is 433. The van der Waals surface area contributed by atoms with E-state index in [2.05, 4.69) is 10.6 Å². The first kappa shape index (κ1) is 19.0. The van der Waals surface area contributed by atoms with E-state index in [9.17, 15) is 9.18 Å². The Labute approximate surface area is 129 Å². The SMILES string of the molecule is CNC(C)CNC(=O)CCOc1ccc(F)cc1Cl.Cl. The van der Waals surface area contributed by atoms with Gasteiger partial charge in [-0.3, -0.25) is 4.79 Å². The largest absolute Gasteiger partial charge is 0.491 e. The highest BCUT2D eigenvalue weighted by atomic mass is 35.5. The molecule has 0 heterocycles. The molecule has 1 aromatic rings. The standard InChI is InChI=1S/C13H18ClFN2O2.ClH/c1-9(16-2)8-17-13(18)5-6-19-12-4-3-10(15)7-11(12)14;/h3-4,7,9,16H,5-6,8H2,1-2H3,(H,17,18);1H. The van der Waals surface area contributed by atoms with Crippen molar-refractivity contribution in [2.45, 2.75) is 19.4 Å². The number of likely N-dealkylation sites (N-methyl/N-ethyl adjacent to an activating group) is 1. The number of hydrogen-bond acceptors (Lipinski definition) is 3. The normalized spacial score (nSPS) is 11.4. The molecule has 2 N–H and O–H groups in total. The Balaban J connectivity index is 0.00000361. The van der Waals surface area contributed by atoms with Gasteiger partial charge in [0.1, 0.15) is 11.6 Å². The second kappa shape index (κ2) is 9.80. The molecule has 0 saturated carbocycles. The minimum atomic E-state index is -0.420. The smallest absolute Gasteiger partial charge is 0.223 e. The Morgan fingerprint density at radius 1 is 1.50 bits per heavy atom. The van der Waals surface area contributed by atoms with Crippen LogP contribution in [0.15, 0.2) is 18.2 Å². The van der Waals surface area contributed by atoms with Crippen LogP contribution in [0.4, 0.5) is 4.39 Å². The third-order valence-corrected chi connectivity index (χ3v) is 2.87. The summed E-state index contributed by atoms with van der Waals surface area (Å²) >= 11 is 5.79. The van der Waals surface area contributed by atoms with Crippen molar-refractivity contribution in [1.29, 1.82) is 0 Å². The summed E-state index contributed by atoms with van der Waals surface area (Å²) < 4.78 is 18.1. The number of nitrogens with one attached hydrogen (secondary N) is 2. The molecule has 1 rings (SSSR count). The van der Waals surface area contributed by atoms with Crippen LogP contribution in [0, 0.1) is 5.82 Å². The average molecular weight is 325 g/mol. The van der Waals surface area contributed by atoms with Gasteiger partial charge in [0.15, 0.2) is 0 Å². The summed E-state index contributed by atoms with van der Waals surface area (Å²) in [6.45, 7) is 2.73. The van der Waals surface area contributed by atoms with E-state index in [1.165, 1.54) is 18.2 Å². The van der Waals surface area contributed by atoms with Crippen molar-refractivity contribution in [3.05, 3.63) is 29.0 Å². The lowest BCUT2D eigenvalue weighted by Gasteiger charge is -2.12. The van der Waals surface area contributed by atoms with Gasteiger partial charge in [-0.2, -0.15) is 0 Å². The van der Waals surface area contributed by atoms with Crippen LogP contribution in [-0.4, -0.2) is 32.1 Å². The molecule has 0 aliphatic heterocycles. The van der Waals surface area contributed by atoms with Crippen LogP contribution in [0.5, 0.6) is 5.75 Å². The van der Waals surface area contributed by atoms with Gasteiger partial charge in [0.05, 0.1) is 18.1 Å². The molecule has 114 valence electrons. The second-order valence-electron chi connectivity index (χ2n) is 4.17. The zero-order valence-corrected chi connectivity index (χ0v) is 13.0. The molecule has 0 aliphatic rings. The maximum atomic E-state index is 12.8. The monoisotopic (exact) mass is 324 g/mol. The number of hydrogen-bond donors (Lipinski definition) is 2. The van der Waals surface area contributed by atoms with Crippen LogP contribution >= 0.6 is 24.0 Å². The van der Waals surface area contributed by atoms with Gasteiger partial charge in [-0.1, -0.05) is 11.6 Å². The molecule has 1 atom stereocenters. The highest BCUT2D eigenvalue weighted by Crippen LogP contribution is 2.24. The van der Waals surface area contributed by atoms with Crippen molar-refractivity contribution in [1.82, 2.24) is 10.6 Å². The summed E-state index contributed by atoms with van der Waals surface area (Å²) in [5.41, 5.74) is 0. The lowest BCUT2D eigenvalue weighted by atomic mass is 10.3. The van der Waals surface area contributed by atoms with E-state index in [1.807, 2.05) is 14.0 Å². The molecular weight excluding hydrogens is 306 g/mol. The Morgan fingerprint density at radius 2 is 2.20 bits per heavy atom. The molecule has 0 saturated heterocycles. The van der Waals surface area contributed by atoms with Crippen LogP contribution in [0.1, 0.15) is 13.3 Å². The fraction of sp³-hybridized carbons (Fsp3) is 0.462. The van der Waals surface area contributed by atoms with Crippen LogP contribution in [-0.2, 0) is 4.79 Å². The lowest BCUT2D eigenvalue weighted by Crippen LogP contribution is -2.37. The molecule has 1 amide bonds. The number of carbonyl (C=O) groups is 1. The van der Waals surface area contributed by atoms with Gasteiger partial charge in [0.25, 0.3) is 0 Å². The summed E-state index contributed by atoms with van der Waals surface area (Å²) in [5, 5.41) is 5.98. The lowest BCUT2D eigenvalue weighted by molar-refractivity contribution is -0.121. The van der Waals surface area contributed by atoms with E-state index < -0.39 is 5.82 Å². The van der Waals surface area contributed by atoms with Crippen molar-refractivity contribution in [2.24, 2.45) is 0 Å². The van der Waals surface area contributed by atoms with Gasteiger partial charge in [0, 0.05) is 12.6 Å². The van der Waals surface area contributed by atoms with E-state index in [-0.39, 0.29) is 42.4 Å². The van der Waals surface area contributed by atoms with Gasteiger partial charge in [-0.25, -0.2) is 4.39 Å². The molecule has 20 heavy (non-hydrogen) atoms. The van der Waals surface area contributed by atoms with E-state index in [0.717, 1.165) is 0 Å². The first-order valence-electron chi connectivity index (χ1n) is 6.04. The van der Waals surface area contributed by atoms with E-state index in [0.29, 0.717) is 12.3 Å². The highest BCUT2D eigenvalue weighted by Gasteiger charge is 2.06. The summed E-state index contributed by atoms with van der Waals surface area (Å²) in [6, 6.07) is 4.09. The summed E-state index contributed by atoms with van der Waals surface area (Å²) in [5.74, 6) is -0.143. The molecule has 0 radical (unpaired) electrons. The number of amides is 1. The second-order valence-corrected chi connectivity index (χ2v) is 4.57. The third kappa shape index (κ3) is 6.93. The Morgan fingerprint density at radius 3 is 2.80 bits per heavy atom. The highest BCUT2D eigenvalue weighted by molar-refractivity contribution is 6.32. The van der Waals surface area contributed by atoms with E-state index in [4.69, 9.17) is 16.3 Å². The number of ether oxygens (including phenoxy) is 1. The third-order valence-electron chi connectivity index (χ3n) is 2.58. The predicted molar refractivity (Wildman–Crippen MR) is 80.3 cm³/mol. The van der Waals surface area contributed by atoms with Gasteiger partial charge in [-0.05, 0) is 32.2 Å². The fourth-order valence-electron chi connectivity index (χ4n) is 1.30. The van der Waals surface area contributed by atoms with Gasteiger partial charge in [-0.15, -0.1) is 12.4 Å². The molecule has 0 fully saturated rings. The fourth-order valence-corrected chi connectivity index (χ4v) is 1.53. The zero-order chi connectivity index (χ0) is 14.3. The maximum Gasteiger partial charge on any atom is 0.223 e. The van der Waals surface area contributed by atoms with Crippen LogP contribution in [0.3, 0.4) is 0 Å². The first-order chi connectivity index (χ1) is 9.02. The topological polar surface area (TPSA) is 50.4 Å². The number of benzene rings is 1. The van der Waals surface area contributed by atoms with Gasteiger partial charge in [0.2, 0.25) is 5.91 Å². The number of carbonyl (C=O) groups excluding carboxylic acids is 1. The van der Waals surface area contributed by atoms with Crippen molar-refractivity contribution >= 4 is 29.9 Å². The summed E-state index contributed by atoms with van der Waals surface area (Å²) in [7, 11) is 1.83. The molecule has 0 aromatic heterocycles. The summed E-state index contributed by atoms with van der Waals surface area (Å²) in [6.07, 6.45) is 0.226. The minimum Gasteiger partial charge on any atom is -0.491 e. The molecule has 0 bridgehead atoms. The average Bonchev–Trinajstić information content (AvgIpc) is 2.38. The molecular formula is C13H19Cl2FN2O2. The first-order valence-corrected chi connectivity index (χ1v) is 6.42. The van der Waals surface area contributed by atoms with E-state index in [1.54, 1.807) is 0 Å². The zero-order valence-electron chi connectivity index (χ0n) is 11.4. The number of rotatable bonds is 7. The van der Waals surface area contributed by atoms with Crippen LogP contribution < -0.4 is 15.4 Å². The molecule has 0 spiro atoms. The van der Waals surface area contributed by atoms with Crippen LogP contribution in [0.2, 0.25) is 5.02 Å². The molecule has 4 nitrogen and oxygen atoms in total. The Kier molecular flexibility index (Phi) is 9.29. The Hall–Kier alpha value is -1.04.